The van der Waals surface area contributed by atoms with Crippen LogP contribution in [-0.2, 0) is 0 Å². The van der Waals surface area contributed by atoms with Crippen LogP contribution in [0.15, 0.2) is 30.3 Å². The average Bonchev–Trinajstić information content (AvgIpc) is 2.19. The van der Waals surface area contributed by atoms with Crippen molar-refractivity contribution in [3.63, 3.8) is 0 Å². The molecular formula is C14H20OS. The molecule has 0 amide bonds. The van der Waals surface area contributed by atoms with Gasteiger partial charge in [0.2, 0.25) is 0 Å². The minimum absolute atomic E-state index is 0.136. The van der Waals surface area contributed by atoms with Gasteiger partial charge in [-0.1, -0.05) is 24.3 Å². The van der Waals surface area contributed by atoms with Crippen LogP contribution in [0.5, 0.6) is 5.75 Å². The SMILES string of the molecule is CC(C)(C)Oc1ccc(C=CCCS)cc1. The van der Waals surface area contributed by atoms with E-state index in [4.69, 9.17) is 4.74 Å². The number of hydrogen-bond donors (Lipinski definition) is 1. The Kier molecular flexibility index (Phi) is 4.94. The number of ether oxygens (including phenoxy) is 1. The van der Waals surface area contributed by atoms with Gasteiger partial charge in [0.1, 0.15) is 11.4 Å². The summed E-state index contributed by atoms with van der Waals surface area (Å²) in [7, 11) is 0. The molecular weight excluding hydrogens is 216 g/mol. The molecule has 88 valence electrons. The summed E-state index contributed by atoms with van der Waals surface area (Å²) in [5.74, 6) is 1.81. The zero-order valence-electron chi connectivity index (χ0n) is 10.2. The first-order valence-corrected chi connectivity index (χ1v) is 6.21. The molecule has 0 atom stereocenters. The summed E-state index contributed by atoms with van der Waals surface area (Å²) in [6, 6.07) is 8.14. The molecule has 0 heterocycles. The lowest BCUT2D eigenvalue weighted by atomic mass is 10.1. The first-order valence-electron chi connectivity index (χ1n) is 5.58. The van der Waals surface area contributed by atoms with Gasteiger partial charge in [0, 0.05) is 0 Å². The maximum absolute atomic E-state index is 5.75. The highest BCUT2D eigenvalue weighted by Gasteiger charge is 2.10. The Morgan fingerprint density at radius 1 is 1.19 bits per heavy atom. The van der Waals surface area contributed by atoms with Crippen LogP contribution < -0.4 is 4.74 Å². The van der Waals surface area contributed by atoms with Crippen LogP contribution in [0.3, 0.4) is 0 Å². The van der Waals surface area contributed by atoms with Crippen LogP contribution in [0.2, 0.25) is 0 Å². The summed E-state index contributed by atoms with van der Waals surface area (Å²) in [6.45, 7) is 6.15. The fourth-order valence-corrected chi connectivity index (χ4v) is 1.44. The maximum atomic E-state index is 5.75. The molecule has 0 aliphatic rings. The molecule has 0 N–H and O–H groups in total. The van der Waals surface area contributed by atoms with Gasteiger partial charge in [-0.25, -0.2) is 0 Å². The molecule has 0 bridgehead atoms. The number of allylic oxidation sites excluding steroid dienone is 1. The quantitative estimate of drug-likeness (QED) is 0.771. The molecule has 1 rings (SSSR count). The van der Waals surface area contributed by atoms with Gasteiger partial charge in [0.25, 0.3) is 0 Å². The molecule has 0 saturated carbocycles. The summed E-state index contributed by atoms with van der Waals surface area (Å²) in [6.07, 6.45) is 5.24. The molecule has 16 heavy (non-hydrogen) atoms. The van der Waals surface area contributed by atoms with Crippen LogP contribution in [0.25, 0.3) is 6.08 Å². The third kappa shape index (κ3) is 5.26. The Morgan fingerprint density at radius 2 is 1.81 bits per heavy atom. The fraction of sp³-hybridized carbons (Fsp3) is 0.429. The van der Waals surface area contributed by atoms with Crippen LogP contribution in [0.1, 0.15) is 32.8 Å². The molecule has 0 aromatic heterocycles. The molecule has 0 aliphatic carbocycles. The molecule has 0 radical (unpaired) electrons. The van der Waals surface area contributed by atoms with E-state index < -0.39 is 0 Å². The highest BCUT2D eigenvalue weighted by atomic mass is 32.1. The second kappa shape index (κ2) is 6.00. The van der Waals surface area contributed by atoms with Crippen molar-refractivity contribution in [3.05, 3.63) is 35.9 Å². The molecule has 0 spiro atoms. The molecule has 1 nitrogen and oxygen atoms in total. The number of hydrogen-bond acceptors (Lipinski definition) is 2. The Balaban J connectivity index is 2.61. The van der Waals surface area contributed by atoms with Gasteiger partial charge in [-0.3, -0.25) is 0 Å². The second-order valence-electron chi connectivity index (χ2n) is 4.70. The zero-order valence-corrected chi connectivity index (χ0v) is 11.1. The van der Waals surface area contributed by atoms with E-state index in [0.29, 0.717) is 0 Å². The van der Waals surface area contributed by atoms with Crippen molar-refractivity contribution in [1.82, 2.24) is 0 Å². The van der Waals surface area contributed by atoms with E-state index in [1.165, 1.54) is 5.56 Å². The third-order valence-electron chi connectivity index (χ3n) is 1.91. The van der Waals surface area contributed by atoms with E-state index in [0.717, 1.165) is 17.9 Å². The van der Waals surface area contributed by atoms with Crippen molar-refractivity contribution in [2.45, 2.75) is 32.8 Å². The van der Waals surface area contributed by atoms with Gasteiger partial charge < -0.3 is 4.74 Å². The first kappa shape index (κ1) is 13.2. The Hall–Kier alpha value is -0.890. The lowest BCUT2D eigenvalue weighted by Crippen LogP contribution is -2.22. The predicted molar refractivity (Wildman–Crippen MR) is 74.3 cm³/mol. The lowest BCUT2D eigenvalue weighted by molar-refractivity contribution is 0.131. The Labute approximate surface area is 104 Å². The topological polar surface area (TPSA) is 9.23 Å². The maximum Gasteiger partial charge on any atom is 0.120 e. The van der Waals surface area contributed by atoms with Crippen LogP contribution in [0.4, 0.5) is 0 Å². The van der Waals surface area contributed by atoms with Crippen molar-refractivity contribution in [1.29, 1.82) is 0 Å². The van der Waals surface area contributed by atoms with Crippen LogP contribution in [0, 0.1) is 0 Å². The molecule has 1 aromatic rings. The summed E-state index contributed by atoms with van der Waals surface area (Å²) in [5, 5.41) is 0. The van der Waals surface area contributed by atoms with Crippen molar-refractivity contribution < 1.29 is 4.74 Å². The first-order chi connectivity index (χ1) is 7.51. The monoisotopic (exact) mass is 236 g/mol. The van der Waals surface area contributed by atoms with Crippen molar-refractivity contribution >= 4 is 18.7 Å². The summed E-state index contributed by atoms with van der Waals surface area (Å²) in [4.78, 5) is 0. The summed E-state index contributed by atoms with van der Waals surface area (Å²) in [5.41, 5.74) is 1.06. The lowest BCUT2D eigenvalue weighted by Gasteiger charge is -2.21. The summed E-state index contributed by atoms with van der Waals surface area (Å²) >= 11 is 4.16. The van der Waals surface area contributed by atoms with E-state index in [9.17, 15) is 0 Å². The zero-order chi connectivity index (χ0) is 12.0. The number of rotatable bonds is 4. The standard InChI is InChI=1S/C14H20OS/c1-14(2,3)15-13-9-7-12(8-10-13)6-4-5-11-16/h4,6-10,16H,5,11H2,1-3H3. The van der Waals surface area contributed by atoms with Crippen LogP contribution >= 0.6 is 12.6 Å². The normalized spacial score (nSPS) is 12.0. The average molecular weight is 236 g/mol. The fourth-order valence-electron chi connectivity index (χ4n) is 1.29. The molecule has 1 aromatic carbocycles. The van der Waals surface area contributed by atoms with E-state index >= 15 is 0 Å². The minimum atomic E-state index is -0.136. The smallest absolute Gasteiger partial charge is 0.120 e. The van der Waals surface area contributed by atoms with Gasteiger partial charge >= 0.3 is 0 Å². The molecule has 2 heteroatoms. The van der Waals surface area contributed by atoms with E-state index in [-0.39, 0.29) is 5.60 Å². The van der Waals surface area contributed by atoms with Gasteiger partial charge in [0.15, 0.2) is 0 Å². The predicted octanol–water partition coefficient (Wildman–Crippen LogP) is 4.20. The van der Waals surface area contributed by atoms with E-state index in [1.807, 2.05) is 32.9 Å². The van der Waals surface area contributed by atoms with Gasteiger partial charge in [-0.15, -0.1) is 0 Å². The Morgan fingerprint density at radius 3 is 2.31 bits per heavy atom. The van der Waals surface area contributed by atoms with Crippen LogP contribution in [-0.4, -0.2) is 11.4 Å². The number of benzene rings is 1. The molecule has 0 aliphatic heterocycles. The van der Waals surface area contributed by atoms with Gasteiger partial charge in [-0.05, 0) is 50.6 Å². The van der Waals surface area contributed by atoms with Crippen molar-refractivity contribution in [2.24, 2.45) is 0 Å². The molecule has 0 unspecified atom stereocenters. The van der Waals surface area contributed by atoms with E-state index in [2.05, 4.69) is 36.9 Å². The Bertz CT molecular complexity index is 333. The van der Waals surface area contributed by atoms with E-state index in [1.54, 1.807) is 0 Å². The third-order valence-corrected chi connectivity index (χ3v) is 2.17. The molecule has 0 saturated heterocycles. The van der Waals surface area contributed by atoms with Gasteiger partial charge in [0.05, 0.1) is 0 Å². The van der Waals surface area contributed by atoms with Crippen molar-refractivity contribution in [3.8, 4) is 5.75 Å². The van der Waals surface area contributed by atoms with Crippen molar-refractivity contribution in [2.75, 3.05) is 5.75 Å². The summed E-state index contributed by atoms with van der Waals surface area (Å²) < 4.78 is 5.75. The highest BCUT2D eigenvalue weighted by Crippen LogP contribution is 2.18. The molecule has 0 fully saturated rings. The number of thiol groups is 1. The largest absolute Gasteiger partial charge is 0.488 e. The van der Waals surface area contributed by atoms with Gasteiger partial charge in [-0.2, -0.15) is 12.6 Å². The highest BCUT2D eigenvalue weighted by molar-refractivity contribution is 7.80. The second-order valence-corrected chi connectivity index (χ2v) is 5.15. The minimum Gasteiger partial charge on any atom is -0.488 e.